The molecule has 0 saturated heterocycles. The highest BCUT2D eigenvalue weighted by Gasteiger charge is 2.04. The minimum atomic E-state index is -1.14. The van der Waals surface area contributed by atoms with Crippen LogP contribution in [-0.2, 0) is 4.79 Å². The Morgan fingerprint density at radius 2 is 1.80 bits per heavy atom. The molecule has 0 aliphatic carbocycles. The predicted octanol–water partition coefficient (Wildman–Crippen LogP) is 3.04. The Labute approximate surface area is 103 Å². The average Bonchev–Trinajstić information content (AvgIpc) is 2.18. The molecule has 0 aliphatic rings. The van der Waals surface area contributed by atoms with E-state index in [1.807, 2.05) is 0 Å². The van der Waals surface area contributed by atoms with Gasteiger partial charge < -0.3 is 5.11 Å². The van der Waals surface area contributed by atoms with Gasteiger partial charge in [-0.25, -0.2) is 4.79 Å². The van der Waals surface area contributed by atoms with E-state index in [1.165, 1.54) is 0 Å². The highest BCUT2D eigenvalue weighted by atomic mass is 79.9. The van der Waals surface area contributed by atoms with Gasteiger partial charge in [0.25, 0.3) is 0 Å². The maximum absolute atomic E-state index is 11.4. The fraction of sp³-hybridized carbons (Fsp3) is 0. The molecule has 3 nitrogen and oxygen atoms in total. The summed E-state index contributed by atoms with van der Waals surface area (Å²) in [5, 5.41) is 8.35. The number of carbonyl (C=O) groups excluding carboxylic acids is 1. The zero-order valence-electron chi connectivity index (χ0n) is 7.41. The molecular formula is C10H6Br2O3. The van der Waals surface area contributed by atoms with E-state index >= 15 is 0 Å². The molecule has 0 saturated carbocycles. The molecule has 0 unspecified atom stereocenters. The van der Waals surface area contributed by atoms with E-state index in [0.29, 0.717) is 5.56 Å². The summed E-state index contributed by atoms with van der Waals surface area (Å²) in [5.41, 5.74) is 0.433. The molecule has 0 amide bonds. The normalized spacial score (nSPS) is 10.5. The highest BCUT2D eigenvalue weighted by Crippen LogP contribution is 2.24. The molecule has 0 spiro atoms. The monoisotopic (exact) mass is 332 g/mol. The van der Waals surface area contributed by atoms with Crippen molar-refractivity contribution in [1.29, 1.82) is 0 Å². The number of carboxylic acids is 1. The largest absolute Gasteiger partial charge is 0.478 e. The van der Waals surface area contributed by atoms with E-state index in [1.54, 1.807) is 18.2 Å². The molecule has 0 bridgehead atoms. The number of carbonyl (C=O) groups is 2. The molecule has 0 aromatic heterocycles. The Morgan fingerprint density at radius 1 is 1.13 bits per heavy atom. The van der Waals surface area contributed by atoms with Gasteiger partial charge >= 0.3 is 5.97 Å². The summed E-state index contributed by atoms with van der Waals surface area (Å²) in [5.74, 6) is -1.48. The zero-order valence-corrected chi connectivity index (χ0v) is 10.6. The molecule has 78 valence electrons. The van der Waals surface area contributed by atoms with Crippen LogP contribution in [0, 0.1) is 0 Å². The molecule has 0 heterocycles. The predicted molar refractivity (Wildman–Crippen MR) is 62.9 cm³/mol. The van der Waals surface area contributed by atoms with Crippen LogP contribution in [0.5, 0.6) is 0 Å². The second-order valence-electron chi connectivity index (χ2n) is 2.66. The number of halogens is 2. The topological polar surface area (TPSA) is 54.4 Å². The van der Waals surface area contributed by atoms with Crippen molar-refractivity contribution in [2.24, 2.45) is 0 Å². The van der Waals surface area contributed by atoms with Crippen molar-refractivity contribution in [1.82, 2.24) is 0 Å². The minimum absolute atomic E-state index is 0.342. The number of rotatable bonds is 3. The Morgan fingerprint density at radius 3 is 2.33 bits per heavy atom. The van der Waals surface area contributed by atoms with Crippen molar-refractivity contribution in [3.8, 4) is 0 Å². The van der Waals surface area contributed by atoms with E-state index in [-0.39, 0.29) is 5.78 Å². The van der Waals surface area contributed by atoms with Gasteiger partial charge in [-0.2, -0.15) is 0 Å². The van der Waals surface area contributed by atoms with Crippen LogP contribution in [0.4, 0.5) is 0 Å². The smallest absolute Gasteiger partial charge is 0.328 e. The first-order valence-corrected chi connectivity index (χ1v) is 5.49. The fourth-order valence-corrected chi connectivity index (χ4v) is 1.52. The van der Waals surface area contributed by atoms with E-state index in [9.17, 15) is 9.59 Å². The van der Waals surface area contributed by atoms with Crippen molar-refractivity contribution in [2.75, 3.05) is 0 Å². The number of carboxylic acid groups (broad SMARTS) is 1. The summed E-state index contributed by atoms with van der Waals surface area (Å²) in [6, 6.07) is 4.95. The van der Waals surface area contributed by atoms with E-state index in [2.05, 4.69) is 31.9 Å². The van der Waals surface area contributed by atoms with Gasteiger partial charge in [-0.3, -0.25) is 4.79 Å². The second kappa shape index (κ2) is 5.23. The molecule has 1 aromatic rings. The van der Waals surface area contributed by atoms with Crippen LogP contribution in [0.2, 0.25) is 0 Å². The Bertz CT molecular complexity index is 438. The summed E-state index contributed by atoms with van der Waals surface area (Å²) >= 11 is 6.53. The van der Waals surface area contributed by atoms with E-state index in [4.69, 9.17) is 5.11 Å². The Kier molecular flexibility index (Phi) is 4.23. The molecular weight excluding hydrogens is 328 g/mol. The molecule has 5 heteroatoms. The second-order valence-corrected chi connectivity index (χ2v) is 4.37. The van der Waals surface area contributed by atoms with Crippen LogP contribution < -0.4 is 0 Å². The lowest BCUT2D eigenvalue weighted by Crippen LogP contribution is -1.96. The van der Waals surface area contributed by atoms with Gasteiger partial charge in [0.1, 0.15) is 0 Å². The van der Waals surface area contributed by atoms with Crippen molar-refractivity contribution >= 4 is 43.6 Å². The summed E-state index contributed by atoms with van der Waals surface area (Å²) < 4.78 is 1.58. The SMILES string of the molecule is O=C(O)C=CC(=O)c1ccc(Br)c(Br)c1. The van der Waals surface area contributed by atoms with Crippen molar-refractivity contribution in [3.05, 3.63) is 44.9 Å². The highest BCUT2D eigenvalue weighted by molar-refractivity contribution is 9.13. The lowest BCUT2D eigenvalue weighted by molar-refractivity contribution is -0.131. The molecule has 0 radical (unpaired) electrons. The van der Waals surface area contributed by atoms with Crippen molar-refractivity contribution in [3.63, 3.8) is 0 Å². The van der Waals surface area contributed by atoms with Gasteiger partial charge in [-0.1, -0.05) is 0 Å². The number of allylic oxidation sites excluding steroid dienone is 1. The first kappa shape index (κ1) is 12.1. The van der Waals surface area contributed by atoms with Gasteiger partial charge in [-0.05, 0) is 56.1 Å². The molecule has 1 N–H and O–H groups in total. The lowest BCUT2D eigenvalue weighted by Gasteiger charge is -1.98. The third-order valence-electron chi connectivity index (χ3n) is 1.58. The van der Waals surface area contributed by atoms with Crippen LogP contribution in [0.25, 0.3) is 0 Å². The standard InChI is InChI=1S/C10H6Br2O3/c11-7-2-1-6(5-8(7)12)9(13)3-4-10(14)15/h1-5H,(H,14,15). The first-order valence-electron chi connectivity index (χ1n) is 3.91. The maximum atomic E-state index is 11.4. The number of hydrogen-bond acceptors (Lipinski definition) is 2. The molecule has 15 heavy (non-hydrogen) atoms. The van der Waals surface area contributed by atoms with E-state index < -0.39 is 5.97 Å². The molecule has 1 aromatic carbocycles. The van der Waals surface area contributed by atoms with Gasteiger partial charge in [0.05, 0.1) is 0 Å². The van der Waals surface area contributed by atoms with Gasteiger partial charge in [0, 0.05) is 20.6 Å². The van der Waals surface area contributed by atoms with Crippen LogP contribution in [-0.4, -0.2) is 16.9 Å². The summed E-state index contributed by atoms with van der Waals surface area (Å²) in [6.07, 6.45) is 1.84. The fourth-order valence-electron chi connectivity index (χ4n) is 0.893. The van der Waals surface area contributed by atoms with E-state index in [0.717, 1.165) is 21.1 Å². The molecule has 1 rings (SSSR count). The minimum Gasteiger partial charge on any atom is -0.478 e. The summed E-state index contributed by atoms with van der Waals surface area (Å²) in [4.78, 5) is 21.6. The van der Waals surface area contributed by atoms with Gasteiger partial charge in [0.15, 0.2) is 5.78 Å². The van der Waals surface area contributed by atoms with Crippen LogP contribution >= 0.6 is 31.9 Å². The quantitative estimate of drug-likeness (QED) is 0.683. The maximum Gasteiger partial charge on any atom is 0.328 e. The van der Waals surface area contributed by atoms with Gasteiger partial charge in [-0.15, -0.1) is 0 Å². The third kappa shape index (κ3) is 3.60. The molecule has 0 fully saturated rings. The summed E-state index contributed by atoms with van der Waals surface area (Å²) in [7, 11) is 0. The lowest BCUT2D eigenvalue weighted by atomic mass is 10.1. The van der Waals surface area contributed by atoms with Crippen LogP contribution in [0.3, 0.4) is 0 Å². The summed E-state index contributed by atoms with van der Waals surface area (Å²) in [6.45, 7) is 0. The number of hydrogen-bond donors (Lipinski definition) is 1. The van der Waals surface area contributed by atoms with Gasteiger partial charge in [0.2, 0.25) is 0 Å². The first-order chi connectivity index (χ1) is 7.00. The Hall–Kier alpha value is -0.940. The van der Waals surface area contributed by atoms with Crippen molar-refractivity contribution < 1.29 is 14.7 Å². The zero-order chi connectivity index (χ0) is 11.4. The number of aliphatic carboxylic acids is 1. The molecule has 0 atom stereocenters. The number of ketones is 1. The average molecular weight is 334 g/mol. The molecule has 0 aliphatic heterocycles. The Balaban J connectivity index is 2.92. The number of benzene rings is 1. The van der Waals surface area contributed by atoms with Crippen molar-refractivity contribution in [2.45, 2.75) is 0 Å². The van der Waals surface area contributed by atoms with Crippen LogP contribution in [0.15, 0.2) is 39.3 Å². The third-order valence-corrected chi connectivity index (χ3v) is 3.46. The van der Waals surface area contributed by atoms with Crippen LogP contribution in [0.1, 0.15) is 10.4 Å².